The number of hydrogen-bond donors (Lipinski definition) is 0. The van der Waals surface area contributed by atoms with Crippen molar-refractivity contribution >= 4 is 16.9 Å². The SMILES string of the molecule is CCOc1cccc(C2c3c(oc4cc(C)cc(C)c4c3=O)C(=O)N2Cc2ccccc2)c1. The van der Waals surface area contributed by atoms with Gasteiger partial charge in [0.25, 0.3) is 5.91 Å². The van der Waals surface area contributed by atoms with Crippen LogP contribution in [0.3, 0.4) is 0 Å². The van der Waals surface area contributed by atoms with Crippen LogP contribution in [0.4, 0.5) is 0 Å². The Kier molecular flexibility index (Phi) is 5.25. The number of benzene rings is 3. The third kappa shape index (κ3) is 3.59. The van der Waals surface area contributed by atoms with Crippen molar-refractivity contribution < 1.29 is 13.9 Å². The van der Waals surface area contributed by atoms with E-state index < -0.39 is 6.04 Å². The van der Waals surface area contributed by atoms with Crippen LogP contribution in [-0.2, 0) is 6.54 Å². The Labute approximate surface area is 192 Å². The third-order valence-electron chi connectivity index (χ3n) is 6.09. The molecule has 5 heteroatoms. The molecule has 0 saturated heterocycles. The number of amides is 1. The molecule has 1 atom stereocenters. The van der Waals surface area contributed by atoms with Crippen molar-refractivity contribution in [3.63, 3.8) is 0 Å². The summed E-state index contributed by atoms with van der Waals surface area (Å²) in [6.07, 6.45) is 0. The summed E-state index contributed by atoms with van der Waals surface area (Å²) in [5, 5.41) is 0.527. The van der Waals surface area contributed by atoms with Crippen molar-refractivity contribution in [2.45, 2.75) is 33.4 Å². The highest BCUT2D eigenvalue weighted by Crippen LogP contribution is 2.40. The van der Waals surface area contributed by atoms with Crippen LogP contribution in [0.5, 0.6) is 5.75 Å². The average molecular weight is 440 g/mol. The quantitative estimate of drug-likeness (QED) is 0.409. The lowest BCUT2D eigenvalue weighted by molar-refractivity contribution is 0.0714. The monoisotopic (exact) mass is 439 g/mol. The second-order valence-electron chi connectivity index (χ2n) is 8.46. The summed E-state index contributed by atoms with van der Waals surface area (Å²) in [4.78, 5) is 29.2. The van der Waals surface area contributed by atoms with Crippen LogP contribution in [-0.4, -0.2) is 17.4 Å². The Balaban J connectivity index is 1.75. The van der Waals surface area contributed by atoms with Crippen molar-refractivity contribution in [3.8, 4) is 5.75 Å². The van der Waals surface area contributed by atoms with Crippen molar-refractivity contribution in [3.05, 3.63) is 111 Å². The smallest absolute Gasteiger partial charge is 0.291 e. The van der Waals surface area contributed by atoms with E-state index in [-0.39, 0.29) is 17.1 Å². The molecule has 166 valence electrons. The molecular weight excluding hydrogens is 414 g/mol. The van der Waals surface area contributed by atoms with Gasteiger partial charge in [-0.2, -0.15) is 0 Å². The number of fused-ring (bicyclic) bond motifs is 2. The molecule has 1 amide bonds. The van der Waals surface area contributed by atoms with Crippen molar-refractivity contribution in [2.24, 2.45) is 0 Å². The standard InChI is InChI=1S/C28H25NO4/c1-4-32-21-12-8-11-20(15-21)25-24-26(30)23-18(3)13-17(2)14-22(23)33-27(24)28(31)29(25)16-19-9-6-5-7-10-19/h5-15,25H,4,16H2,1-3H3. The minimum Gasteiger partial charge on any atom is -0.494 e. The van der Waals surface area contributed by atoms with E-state index in [0.29, 0.717) is 35.4 Å². The molecule has 0 radical (unpaired) electrons. The Morgan fingerprint density at radius 3 is 2.52 bits per heavy atom. The number of ether oxygens (including phenoxy) is 1. The molecule has 0 aliphatic carbocycles. The van der Waals surface area contributed by atoms with Gasteiger partial charge in [-0.25, -0.2) is 0 Å². The first-order chi connectivity index (χ1) is 16.0. The molecule has 2 heterocycles. The van der Waals surface area contributed by atoms with Gasteiger partial charge in [0, 0.05) is 6.54 Å². The molecule has 1 aliphatic rings. The summed E-state index contributed by atoms with van der Waals surface area (Å²) >= 11 is 0. The zero-order valence-corrected chi connectivity index (χ0v) is 18.9. The fourth-order valence-electron chi connectivity index (χ4n) is 4.74. The second-order valence-corrected chi connectivity index (χ2v) is 8.46. The summed E-state index contributed by atoms with van der Waals surface area (Å²) in [6.45, 7) is 6.67. The van der Waals surface area contributed by atoms with E-state index in [2.05, 4.69) is 0 Å². The molecule has 0 bridgehead atoms. The molecule has 0 fully saturated rings. The van der Waals surface area contributed by atoms with Gasteiger partial charge in [0.15, 0.2) is 5.43 Å². The van der Waals surface area contributed by atoms with Gasteiger partial charge >= 0.3 is 0 Å². The normalized spacial score (nSPS) is 15.2. The summed E-state index contributed by atoms with van der Waals surface area (Å²) in [7, 11) is 0. The molecule has 0 N–H and O–H groups in total. The molecule has 33 heavy (non-hydrogen) atoms. The van der Waals surface area contributed by atoms with Crippen molar-refractivity contribution in [2.75, 3.05) is 6.61 Å². The molecule has 0 saturated carbocycles. The lowest BCUT2D eigenvalue weighted by Gasteiger charge is -2.25. The number of carbonyl (C=O) groups is 1. The molecule has 5 rings (SSSR count). The van der Waals surface area contributed by atoms with E-state index in [0.717, 1.165) is 22.3 Å². The molecule has 5 nitrogen and oxygen atoms in total. The van der Waals surface area contributed by atoms with E-state index in [1.165, 1.54) is 0 Å². The third-order valence-corrected chi connectivity index (χ3v) is 6.09. The highest BCUT2D eigenvalue weighted by molar-refractivity contribution is 5.99. The number of hydrogen-bond acceptors (Lipinski definition) is 4. The Morgan fingerprint density at radius 2 is 1.76 bits per heavy atom. The molecule has 3 aromatic carbocycles. The molecule has 1 unspecified atom stereocenters. The lowest BCUT2D eigenvalue weighted by atomic mass is 9.96. The van der Waals surface area contributed by atoms with Gasteiger partial charge in [0.1, 0.15) is 11.3 Å². The minimum atomic E-state index is -0.561. The first kappa shape index (κ1) is 21.0. The van der Waals surface area contributed by atoms with Crippen LogP contribution >= 0.6 is 0 Å². The zero-order chi connectivity index (χ0) is 23.1. The number of rotatable bonds is 5. The van der Waals surface area contributed by atoms with Gasteiger partial charge in [-0.05, 0) is 61.2 Å². The van der Waals surface area contributed by atoms with Crippen LogP contribution in [0.25, 0.3) is 11.0 Å². The van der Waals surface area contributed by atoms with Crippen LogP contribution in [0.2, 0.25) is 0 Å². The minimum absolute atomic E-state index is 0.125. The summed E-state index contributed by atoms with van der Waals surface area (Å²) in [5.74, 6) is 0.548. The zero-order valence-electron chi connectivity index (χ0n) is 18.9. The fourth-order valence-corrected chi connectivity index (χ4v) is 4.74. The summed E-state index contributed by atoms with van der Waals surface area (Å²) < 4.78 is 11.8. The van der Waals surface area contributed by atoms with Gasteiger partial charge < -0.3 is 14.1 Å². The molecule has 1 aliphatic heterocycles. The maximum absolute atomic E-state index is 13.8. The first-order valence-electron chi connectivity index (χ1n) is 11.1. The highest BCUT2D eigenvalue weighted by atomic mass is 16.5. The number of nitrogens with zero attached hydrogens (tertiary/aromatic N) is 1. The molecule has 4 aromatic rings. The van der Waals surface area contributed by atoms with Gasteiger partial charge in [-0.3, -0.25) is 9.59 Å². The van der Waals surface area contributed by atoms with Crippen LogP contribution in [0, 0.1) is 13.8 Å². The Hall–Kier alpha value is -3.86. The summed E-state index contributed by atoms with van der Waals surface area (Å²) in [6, 6.07) is 20.6. The predicted molar refractivity (Wildman–Crippen MR) is 128 cm³/mol. The van der Waals surface area contributed by atoms with Crippen molar-refractivity contribution in [1.82, 2.24) is 4.90 Å². The van der Waals surface area contributed by atoms with E-state index >= 15 is 0 Å². The van der Waals surface area contributed by atoms with Gasteiger partial charge in [-0.1, -0.05) is 48.5 Å². The van der Waals surface area contributed by atoms with Crippen LogP contribution in [0.1, 0.15) is 51.3 Å². The van der Waals surface area contributed by atoms with Crippen molar-refractivity contribution in [1.29, 1.82) is 0 Å². The number of carbonyl (C=O) groups excluding carboxylic acids is 1. The summed E-state index contributed by atoms with van der Waals surface area (Å²) in [5.41, 5.74) is 4.32. The molecule has 1 aromatic heterocycles. The Bertz CT molecular complexity index is 1420. The topological polar surface area (TPSA) is 59.8 Å². The maximum atomic E-state index is 13.8. The van der Waals surface area contributed by atoms with Gasteiger partial charge in [-0.15, -0.1) is 0 Å². The largest absolute Gasteiger partial charge is 0.494 e. The van der Waals surface area contributed by atoms with Crippen LogP contribution in [0.15, 0.2) is 75.9 Å². The van der Waals surface area contributed by atoms with E-state index in [1.54, 1.807) is 4.90 Å². The number of aryl methyl sites for hydroxylation is 2. The molecular formula is C28H25NO4. The predicted octanol–water partition coefficient (Wildman–Crippen LogP) is 5.55. The Morgan fingerprint density at radius 1 is 0.970 bits per heavy atom. The van der Waals surface area contributed by atoms with Gasteiger partial charge in [0.2, 0.25) is 5.76 Å². The lowest BCUT2D eigenvalue weighted by Crippen LogP contribution is -2.29. The van der Waals surface area contributed by atoms with E-state index in [1.807, 2.05) is 87.5 Å². The molecule has 0 spiro atoms. The second kappa shape index (κ2) is 8.24. The highest BCUT2D eigenvalue weighted by Gasteiger charge is 2.43. The maximum Gasteiger partial charge on any atom is 0.291 e. The first-order valence-corrected chi connectivity index (χ1v) is 11.1. The fraction of sp³-hybridized carbons (Fsp3) is 0.214. The van der Waals surface area contributed by atoms with E-state index in [9.17, 15) is 9.59 Å². The van der Waals surface area contributed by atoms with Gasteiger partial charge in [0.05, 0.1) is 23.6 Å². The van der Waals surface area contributed by atoms with E-state index in [4.69, 9.17) is 9.15 Å². The van der Waals surface area contributed by atoms with Crippen LogP contribution < -0.4 is 10.2 Å². The average Bonchev–Trinajstić information content (AvgIpc) is 3.06.